The van der Waals surface area contributed by atoms with E-state index in [4.69, 9.17) is 5.11 Å². The summed E-state index contributed by atoms with van der Waals surface area (Å²) >= 11 is 1.92. The zero-order valence-corrected chi connectivity index (χ0v) is 6.55. The highest BCUT2D eigenvalue weighted by Gasteiger charge is 1.93. The van der Waals surface area contributed by atoms with Gasteiger partial charge < -0.3 is 5.11 Å². The predicted molar refractivity (Wildman–Crippen MR) is 41.4 cm³/mol. The summed E-state index contributed by atoms with van der Waals surface area (Å²) in [5.74, 6) is -0.0666. The molecule has 0 fully saturated rings. The van der Waals surface area contributed by atoms with Crippen LogP contribution in [0.3, 0.4) is 0 Å². The molecule has 1 rings (SSSR count). The molecule has 0 bridgehead atoms. The van der Waals surface area contributed by atoms with Crippen LogP contribution in [0.2, 0.25) is 0 Å². The lowest BCUT2D eigenvalue weighted by molar-refractivity contribution is 0.447. The van der Waals surface area contributed by atoms with Gasteiger partial charge in [0.1, 0.15) is 0 Å². The van der Waals surface area contributed by atoms with E-state index in [-0.39, 0.29) is 11.4 Å². The lowest BCUT2D eigenvalue weighted by Crippen LogP contribution is -2.02. The maximum atomic E-state index is 10.4. The van der Waals surface area contributed by atoms with Gasteiger partial charge in [-0.05, 0) is 28.7 Å². The molecule has 4 heteroatoms. The van der Waals surface area contributed by atoms with Gasteiger partial charge in [0.15, 0.2) is 0 Å². The standard InChI is InChI=1S/C5H4INO2/c6-3-1-2-4(8)7-5(3)9/h1-2H,(H2,7,8,9). The first-order valence-electron chi connectivity index (χ1n) is 2.28. The second kappa shape index (κ2) is 2.38. The van der Waals surface area contributed by atoms with Gasteiger partial charge in [0.2, 0.25) is 5.88 Å². The smallest absolute Gasteiger partial charge is 0.250 e. The molecule has 0 atom stereocenters. The maximum absolute atomic E-state index is 10.4. The van der Waals surface area contributed by atoms with Crippen molar-refractivity contribution in [1.82, 2.24) is 4.98 Å². The quantitative estimate of drug-likeness (QED) is 0.652. The van der Waals surface area contributed by atoms with Crippen LogP contribution < -0.4 is 5.56 Å². The Hall–Kier alpha value is -0.520. The molecule has 0 radical (unpaired) electrons. The lowest BCUT2D eigenvalue weighted by atomic mass is 10.5. The molecule has 0 aliphatic rings. The van der Waals surface area contributed by atoms with Crippen LogP contribution in [0.15, 0.2) is 16.9 Å². The highest BCUT2D eigenvalue weighted by molar-refractivity contribution is 14.1. The summed E-state index contributed by atoms with van der Waals surface area (Å²) in [6.07, 6.45) is 0. The van der Waals surface area contributed by atoms with Crippen LogP contribution in [-0.4, -0.2) is 10.1 Å². The molecule has 0 aliphatic heterocycles. The molecule has 1 heterocycles. The largest absolute Gasteiger partial charge is 0.494 e. The van der Waals surface area contributed by atoms with Crippen LogP contribution in [0.4, 0.5) is 0 Å². The number of hydrogen-bond donors (Lipinski definition) is 2. The number of aromatic hydroxyl groups is 1. The minimum Gasteiger partial charge on any atom is -0.494 e. The molecule has 0 aromatic carbocycles. The fourth-order valence-corrected chi connectivity index (χ4v) is 0.760. The van der Waals surface area contributed by atoms with Gasteiger partial charge in [0.05, 0.1) is 3.57 Å². The molecule has 0 amide bonds. The van der Waals surface area contributed by atoms with Crippen LogP contribution in [-0.2, 0) is 0 Å². The van der Waals surface area contributed by atoms with E-state index in [0.717, 1.165) is 0 Å². The van der Waals surface area contributed by atoms with E-state index in [1.807, 2.05) is 22.6 Å². The Balaban J connectivity index is 3.34. The number of aromatic amines is 1. The highest BCUT2D eigenvalue weighted by atomic mass is 127. The van der Waals surface area contributed by atoms with Crippen LogP contribution in [0.25, 0.3) is 0 Å². The first-order valence-corrected chi connectivity index (χ1v) is 3.36. The summed E-state index contributed by atoms with van der Waals surface area (Å²) in [6, 6.07) is 2.91. The molecule has 0 saturated heterocycles. The second-order valence-electron chi connectivity index (χ2n) is 1.52. The van der Waals surface area contributed by atoms with Gasteiger partial charge in [-0.3, -0.25) is 9.78 Å². The number of halogens is 1. The summed E-state index contributed by atoms with van der Waals surface area (Å²) in [7, 11) is 0. The molecular weight excluding hydrogens is 233 g/mol. The van der Waals surface area contributed by atoms with Crippen molar-refractivity contribution >= 4 is 22.6 Å². The third-order valence-corrected chi connectivity index (χ3v) is 1.72. The number of H-pyrrole nitrogens is 1. The first kappa shape index (κ1) is 6.60. The lowest BCUT2D eigenvalue weighted by Gasteiger charge is -1.91. The molecule has 1 aromatic heterocycles. The SMILES string of the molecule is O=c1ccc(I)c(O)[nH]1. The van der Waals surface area contributed by atoms with Crippen molar-refractivity contribution < 1.29 is 5.11 Å². The Morgan fingerprint density at radius 2 is 2.22 bits per heavy atom. The van der Waals surface area contributed by atoms with Gasteiger partial charge in [-0.25, -0.2) is 0 Å². The van der Waals surface area contributed by atoms with Crippen LogP contribution in [0, 0.1) is 3.57 Å². The molecule has 1 aromatic rings. The Morgan fingerprint density at radius 1 is 1.56 bits per heavy atom. The summed E-state index contributed by atoms with van der Waals surface area (Å²) in [4.78, 5) is 12.7. The minimum atomic E-state index is -0.284. The predicted octanol–water partition coefficient (Wildman–Crippen LogP) is 0.685. The normalized spacial score (nSPS) is 9.44. The van der Waals surface area contributed by atoms with Crippen molar-refractivity contribution in [3.63, 3.8) is 0 Å². The Morgan fingerprint density at radius 3 is 2.67 bits per heavy atom. The van der Waals surface area contributed by atoms with E-state index in [1.54, 1.807) is 6.07 Å². The number of nitrogens with one attached hydrogen (secondary N) is 1. The van der Waals surface area contributed by atoms with E-state index < -0.39 is 0 Å². The van der Waals surface area contributed by atoms with Gasteiger partial charge in [-0.2, -0.15) is 0 Å². The monoisotopic (exact) mass is 237 g/mol. The average Bonchev–Trinajstić information content (AvgIpc) is 1.80. The van der Waals surface area contributed by atoms with Crippen LogP contribution in [0.1, 0.15) is 0 Å². The van der Waals surface area contributed by atoms with Crippen molar-refractivity contribution in [2.75, 3.05) is 0 Å². The van der Waals surface area contributed by atoms with Crippen molar-refractivity contribution in [3.05, 3.63) is 26.1 Å². The first-order chi connectivity index (χ1) is 4.20. The van der Waals surface area contributed by atoms with Crippen molar-refractivity contribution in [2.45, 2.75) is 0 Å². The van der Waals surface area contributed by atoms with E-state index in [2.05, 4.69) is 4.98 Å². The maximum Gasteiger partial charge on any atom is 0.250 e. The van der Waals surface area contributed by atoms with Gasteiger partial charge >= 0.3 is 0 Å². The number of hydrogen-bond acceptors (Lipinski definition) is 2. The molecule has 2 N–H and O–H groups in total. The number of aromatic nitrogens is 1. The molecule has 9 heavy (non-hydrogen) atoms. The zero-order chi connectivity index (χ0) is 6.85. The Labute approximate surface area is 64.9 Å². The van der Waals surface area contributed by atoms with E-state index >= 15 is 0 Å². The van der Waals surface area contributed by atoms with Crippen LogP contribution in [0.5, 0.6) is 5.88 Å². The summed E-state index contributed by atoms with van der Waals surface area (Å²) in [6.45, 7) is 0. The Bertz CT molecular complexity index is 268. The fourth-order valence-electron chi connectivity index (χ4n) is 0.446. The van der Waals surface area contributed by atoms with Crippen LogP contribution >= 0.6 is 22.6 Å². The van der Waals surface area contributed by atoms with E-state index in [9.17, 15) is 4.79 Å². The molecule has 48 valence electrons. The second-order valence-corrected chi connectivity index (χ2v) is 2.68. The summed E-state index contributed by atoms with van der Waals surface area (Å²) in [5.41, 5.74) is -0.284. The molecule has 0 unspecified atom stereocenters. The highest BCUT2D eigenvalue weighted by Crippen LogP contribution is 2.11. The topological polar surface area (TPSA) is 53.1 Å². The van der Waals surface area contributed by atoms with Gasteiger partial charge in [0, 0.05) is 6.07 Å². The minimum absolute atomic E-state index is 0.0666. The van der Waals surface area contributed by atoms with E-state index in [0.29, 0.717) is 3.57 Å². The number of rotatable bonds is 0. The molecule has 0 aliphatic carbocycles. The van der Waals surface area contributed by atoms with Crippen molar-refractivity contribution in [1.29, 1.82) is 0 Å². The zero-order valence-electron chi connectivity index (χ0n) is 4.39. The average molecular weight is 237 g/mol. The Kier molecular flexibility index (Phi) is 1.75. The third kappa shape index (κ3) is 1.44. The molecule has 0 saturated carbocycles. The molecular formula is C5H4INO2. The van der Waals surface area contributed by atoms with Gasteiger partial charge in [0.25, 0.3) is 5.56 Å². The van der Waals surface area contributed by atoms with Gasteiger partial charge in [-0.15, -0.1) is 0 Å². The summed E-state index contributed by atoms with van der Waals surface area (Å²) < 4.78 is 0.646. The van der Waals surface area contributed by atoms with E-state index in [1.165, 1.54) is 6.07 Å². The van der Waals surface area contributed by atoms with Gasteiger partial charge in [-0.1, -0.05) is 0 Å². The summed E-state index contributed by atoms with van der Waals surface area (Å²) in [5, 5.41) is 8.84. The number of pyridine rings is 1. The molecule has 0 spiro atoms. The van der Waals surface area contributed by atoms with Crippen molar-refractivity contribution in [2.24, 2.45) is 0 Å². The van der Waals surface area contributed by atoms with Crippen molar-refractivity contribution in [3.8, 4) is 5.88 Å². The fraction of sp³-hybridized carbons (Fsp3) is 0. The molecule has 3 nitrogen and oxygen atoms in total. The third-order valence-electron chi connectivity index (χ3n) is 0.849.